The predicted molar refractivity (Wildman–Crippen MR) is 177 cm³/mol. The summed E-state index contributed by atoms with van der Waals surface area (Å²) in [6.07, 6.45) is -1.08. The van der Waals surface area contributed by atoms with E-state index in [1.807, 2.05) is 25.7 Å². The molecule has 3 N–H and O–H groups in total. The minimum absolute atomic E-state index is 0.0285. The maximum Gasteiger partial charge on any atom is 0.444 e. The summed E-state index contributed by atoms with van der Waals surface area (Å²) in [7, 11) is 0. The third-order valence-corrected chi connectivity index (χ3v) is 9.20. The fraction of sp³-hybridized carbons (Fsp3) is 0.364. The number of benzene rings is 2. The molecule has 0 aliphatic carbocycles. The number of nitro benzene ring substituents is 2. The lowest BCUT2D eigenvalue weighted by molar-refractivity contribution is -0.385. The lowest BCUT2D eigenvalue weighted by atomic mass is 9.74. The molecule has 2 aromatic rings. The van der Waals surface area contributed by atoms with E-state index in [2.05, 4.69) is 15.0 Å². The largest absolute Gasteiger partial charge is 0.444 e. The zero-order valence-electron chi connectivity index (χ0n) is 28.0. The lowest BCUT2D eigenvalue weighted by Gasteiger charge is -2.47. The number of ether oxygens (including phenoxy) is 2. The third kappa shape index (κ3) is 7.53. The van der Waals surface area contributed by atoms with Gasteiger partial charge in [-0.25, -0.2) is 19.2 Å². The van der Waals surface area contributed by atoms with Crippen LogP contribution in [0.4, 0.5) is 16.2 Å². The minimum atomic E-state index is -1.43. The fourth-order valence-corrected chi connectivity index (χ4v) is 6.61. The van der Waals surface area contributed by atoms with E-state index < -0.39 is 51.6 Å². The van der Waals surface area contributed by atoms with Crippen LogP contribution in [-0.2, 0) is 23.9 Å². The number of esters is 3. The van der Waals surface area contributed by atoms with Gasteiger partial charge in [-0.15, -0.1) is 4.99 Å². The standard InChI is InChI=1S/C33H33N7O12/c1-16(2)24-25-17(3)23(26(38(25)28(24)42)31(45)51-29(43)18-4-8-21(9-5-18)39(47)48)15-37-13-12-20(14-37)27(41)35-32(34)36-33(46)52-30(44)19-6-10-22(11-7-19)40(49)50/h4-11,16-17,20,24-25H,12-15H2,1-3H3,(H3,34,35,36,41,46)/t17-,20-,24+,25+/m0/s1. The van der Waals surface area contributed by atoms with Gasteiger partial charge in [0.1, 0.15) is 5.70 Å². The average Bonchev–Trinajstić information content (AvgIpc) is 3.65. The maximum absolute atomic E-state index is 13.5. The molecule has 2 fully saturated rings. The zero-order chi connectivity index (χ0) is 38.0. The van der Waals surface area contributed by atoms with Gasteiger partial charge in [-0.05, 0) is 48.7 Å². The van der Waals surface area contributed by atoms with Gasteiger partial charge in [0.25, 0.3) is 11.4 Å². The number of likely N-dealkylation sites (tertiary alicyclic amines) is 1. The maximum atomic E-state index is 13.5. The van der Waals surface area contributed by atoms with Crippen molar-refractivity contribution < 1.29 is 48.1 Å². The van der Waals surface area contributed by atoms with Gasteiger partial charge in [-0.1, -0.05) is 20.8 Å². The van der Waals surface area contributed by atoms with E-state index in [4.69, 9.17) is 10.5 Å². The molecule has 272 valence electrons. The Hall–Kier alpha value is -6.37. The molecule has 52 heavy (non-hydrogen) atoms. The molecule has 3 amide bonds. The molecule has 2 aromatic carbocycles. The number of carbonyl (C=O) groups excluding carboxylic acids is 6. The molecule has 3 aliphatic heterocycles. The number of hydrogen-bond donors (Lipinski definition) is 2. The van der Waals surface area contributed by atoms with Gasteiger partial charge in [0.2, 0.25) is 17.8 Å². The van der Waals surface area contributed by atoms with Crippen LogP contribution in [0.1, 0.15) is 47.9 Å². The Bertz CT molecular complexity index is 1920. The van der Waals surface area contributed by atoms with E-state index in [0.717, 1.165) is 48.5 Å². The number of hydrogen-bond acceptors (Lipinski definition) is 13. The van der Waals surface area contributed by atoms with Crippen LogP contribution < -0.4 is 11.1 Å². The Labute approximate surface area is 294 Å². The number of carbonyl (C=O) groups is 6. The molecule has 4 atom stereocenters. The second-order valence-electron chi connectivity index (χ2n) is 12.8. The molecule has 2 saturated heterocycles. The number of nitro groups is 2. The van der Waals surface area contributed by atoms with Crippen molar-refractivity contribution in [3.63, 3.8) is 0 Å². The van der Waals surface area contributed by atoms with E-state index in [0.29, 0.717) is 18.5 Å². The Morgan fingerprint density at radius 3 is 1.98 bits per heavy atom. The van der Waals surface area contributed by atoms with Crippen LogP contribution in [0.2, 0.25) is 0 Å². The van der Waals surface area contributed by atoms with Crippen LogP contribution in [0.15, 0.2) is 64.8 Å². The Balaban J connectivity index is 1.23. The van der Waals surface area contributed by atoms with Gasteiger partial charge in [-0.2, -0.15) is 0 Å². The number of fused-ring (bicyclic) bond motifs is 1. The molecule has 0 saturated carbocycles. The molecule has 19 heteroatoms. The van der Waals surface area contributed by atoms with Crippen LogP contribution in [0.3, 0.4) is 0 Å². The minimum Gasteiger partial charge on any atom is -0.385 e. The van der Waals surface area contributed by atoms with Gasteiger partial charge >= 0.3 is 24.0 Å². The number of β-lactam (4-membered cyclic amide) rings is 1. The monoisotopic (exact) mass is 719 g/mol. The zero-order valence-corrected chi connectivity index (χ0v) is 28.0. The summed E-state index contributed by atoms with van der Waals surface area (Å²) in [5, 5.41) is 24.0. The number of nitrogens with two attached hydrogens (primary N) is 1. The van der Waals surface area contributed by atoms with E-state index >= 15 is 0 Å². The van der Waals surface area contributed by atoms with E-state index in [1.54, 1.807) is 0 Å². The summed E-state index contributed by atoms with van der Waals surface area (Å²) in [5.41, 5.74) is 5.41. The molecule has 0 bridgehead atoms. The van der Waals surface area contributed by atoms with Crippen molar-refractivity contribution in [3.8, 4) is 0 Å². The summed E-state index contributed by atoms with van der Waals surface area (Å²) in [6.45, 7) is 6.41. The van der Waals surface area contributed by atoms with Crippen LogP contribution in [0, 0.1) is 43.9 Å². The Morgan fingerprint density at radius 2 is 1.46 bits per heavy atom. The SMILES string of the molecule is CC(C)[C@H]1C(=O)N2C(C(=O)OC(=O)c3ccc([N+](=O)[O-])cc3)=C(CN3CC[C@H](C(=O)NC(N)=NC(=O)OC(=O)c4ccc([N+](=O)[O-])cc4)C3)[C@H](C)[C@H]12. The molecule has 0 unspecified atom stereocenters. The van der Waals surface area contributed by atoms with Crippen molar-refractivity contribution >= 4 is 53.1 Å². The summed E-state index contributed by atoms with van der Waals surface area (Å²) < 4.78 is 9.73. The van der Waals surface area contributed by atoms with Gasteiger partial charge in [0, 0.05) is 43.3 Å². The smallest absolute Gasteiger partial charge is 0.385 e. The van der Waals surface area contributed by atoms with Crippen molar-refractivity contribution in [2.75, 3.05) is 19.6 Å². The number of nitrogens with zero attached hydrogens (tertiary/aromatic N) is 5. The molecule has 19 nitrogen and oxygen atoms in total. The Morgan fingerprint density at radius 1 is 0.923 bits per heavy atom. The first-order chi connectivity index (χ1) is 24.6. The van der Waals surface area contributed by atoms with Gasteiger partial charge < -0.3 is 20.1 Å². The summed E-state index contributed by atoms with van der Waals surface area (Å²) in [6, 6.07) is 8.45. The van der Waals surface area contributed by atoms with Crippen molar-refractivity contribution in [1.29, 1.82) is 0 Å². The Kier molecular flexibility index (Phi) is 10.5. The first-order valence-electron chi connectivity index (χ1n) is 16.0. The molecule has 5 rings (SSSR count). The number of guanidine groups is 1. The molecule has 3 aliphatic rings. The molecule has 0 aromatic heterocycles. The van der Waals surface area contributed by atoms with E-state index in [9.17, 15) is 49.0 Å². The number of aliphatic imine (C=N–C) groups is 1. The highest BCUT2D eigenvalue weighted by Crippen LogP contribution is 2.49. The van der Waals surface area contributed by atoms with E-state index in [-0.39, 0.29) is 71.0 Å². The topological polar surface area (TPSA) is 264 Å². The normalized spacial score (nSPS) is 21.3. The highest BCUT2D eigenvalue weighted by molar-refractivity contribution is 6.07. The van der Waals surface area contributed by atoms with Crippen molar-refractivity contribution in [2.24, 2.45) is 34.4 Å². The molecule has 3 heterocycles. The average molecular weight is 720 g/mol. The highest BCUT2D eigenvalue weighted by atomic mass is 16.6. The summed E-state index contributed by atoms with van der Waals surface area (Å²) in [4.78, 5) is 104. The first-order valence-corrected chi connectivity index (χ1v) is 16.0. The lowest BCUT2D eigenvalue weighted by Crippen LogP contribution is -2.62. The van der Waals surface area contributed by atoms with E-state index in [1.165, 1.54) is 4.90 Å². The number of nitrogens with one attached hydrogen (secondary N) is 1. The number of non-ortho nitro benzene ring substituents is 2. The molecule has 0 radical (unpaired) electrons. The van der Waals surface area contributed by atoms with Crippen molar-refractivity contribution in [1.82, 2.24) is 15.1 Å². The second kappa shape index (κ2) is 14.9. The molecular weight excluding hydrogens is 686 g/mol. The van der Waals surface area contributed by atoms with Crippen LogP contribution in [0.25, 0.3) is 0 Å². The van der Waals surface area contributed by atoms with Crippen LogP contribution >= 0.6 is 0 Å². The first kappa shape index (κ1) is 36.9. The number of amides is 3. The van der Waals surface area contributed by atoms with Gasteiger partial charge in [0.05, 0.1) is 38.9 Å². The highest BCUT2D eigenvalue weighted by Gasteiger charge is 2.59. The van der Waals surface area contributed by atoms with Gasteiger partial charge in [0.15, 0.2) is 0 Å². The predicted octanol–water partition coefficient (Wildman–Crippen LogP) is 2.30. The van der Waals surface area contributed by atoms with Crippen LogP contribution in [0.5, 0.6) is 0 Å². The summed E-state index contributed by atoms with van der Waals surface area (Å²) in [5.74, 6) is -6.06. The third-order valence-electron chi connectivity index (χ3n) is 9.20. The fourth-order valence-electron chi connectivity index (χ4n) is 6.61. The molecular formula is C33H33N7O12. The van der Waals surface area contributed by atoms with Crippen molar-refractivity contribution in [2.45, 2.75) is 33.2 Å². The quantitative estimate of drug-likeness (QED) is 0.0717. The van der Waals surface area contributed by atoms with Crippen molar-refractivity contribution in [3.05, 3.63) is 91.2 Å². The number of rotatable bonds is 9. The summed E-state index contributed by atoms with van der Waals surface area (Å²) >= 11 is 0. The van der Waals surface area contributed by atoms with Gasteiger partial charge in [-0.3, -0.25) is 40.0 Å². The van der Waals surface area contributed by atoms with Crippen LogP contribution in [-0.4, -0.2) is 87.1 Å². The second-order valence-corrected chi connectivity index (χ2v) is 12.8. The molecule has 0 spiro atoms.